The minimum atomic E-state index is -0.282. The van der Waals surface area contributed by atoms with Crippen LogP contribution < -0.4 is 10.6 Å². The summed E-state index contributed by atoms with van der Waals surface area (Å²) in [7, 11) is 0. The zero-order chi connectivity index (χ0) is 15.0. The topological polar surface area (TPSA) is 67.4 Å². The number of amidine groups is 1. The van der Waals surface area contributed by atoms with Gasteiger partial charge < -0.3 is 10.6 Å². The number of anilines is 1. The fourth-order valence-corrected chi connectivity index (χ4v) is 4.34. The second-order valence-corrected chi connectivity index (χ2v) is 6.72. The van der Waals surface area contributed by atoms with Crippen molar-refractivity contribution < 1.29 is 0 Å². The molecule has 24 heavy (non-hydrogen) atoms. The van der Waals surface area contributed by atoms with Crippen molar-refractivity contribution in [2.75, 3.05) is 23.7 Å². The first-order valence-corrected chi connectivity index (χ1v) is 8.32. The Bertz CT molecular complexity index is 700. The first kappa shape index (κ1) is 18.8. The quantitative estimate of drug-likeness (QED) is 0.863. The maximum atomic E-state index is 6.06. The standard InChI is InChI=1S/C16H17N5S.2ClH/c17-14-20-16(12-5-2-1-3-6-12)11-21(9-13(16)10-22-14)15-18-7-4-8-19-15;;/h1-8,13H,9-11H2,(H2,17,20);2*1H/t13-,16+;;/m0../s1. The fourth-order valence-electron chi connectivity index (χ4n) is 3.36. The van der Waals surface area contributed by atoms with E-state index < -0.39 is 0 Å². The van der Waals surface area contributed by atoms with E-state index in [1.165, 1.54) is 5.56 Å². The number of aromatic nitrogens is 2. The van der Waals surface area contributed by atoms with Gasteiger partial charge in [0.2, 0.25) is 5.95 Å². The number of benzene rings is 1. The highest BCUT2D eigenvalue weighted by atomic mass is 35.5. The molecular weight excluding hydrogens is 365 g/mol. The molecule has 2 aliphatic rings. The van der Waals surface area contributed by atoms with Crippen molar-refractivity contribution in [3.63, 3.8) is 0 Å². The SMILES string of the molecule is Cl.Cl.NC1=N[C@@]2(c3ccccc3)CN(c3ncccn3)C[C@H]2CS1. The van der Waals surface area contributed by atoms with Gasteiger partial charge in [0.25, 0.3) is 0 Å². The molecule has 8 heteroatoms. The van der Waals surface area contributed by atoms with Crippen LogP contribution in [0.2, 0.25) is 0 Å². The fraction of sp³-hybridized carbons (Fsp3) is 0.312. The van der Waals surface area contributed by atoms with Crippen LogP contribution in [-0.4, -0.2) is 34.0 Å². The first-order valence-electron chi connectivity index (χ1n) is 7.33. The average Bonchev–Trinajstić information content (AvgIpc) is 2.96. The summed E-state index contributed by atoms with van der Waals surface area (Å²) in [5.41, 5.74) is 7.00. The Kier molecular flexibility index (Phi) is 5.96. The highest BCUT2D eigenvalue weighted by Crippen LogP contribution is 2.45. The Labute approximate surface area is 158 Å². The molecule has 4 rings (SSSR count). The summed E-state index contributed by atoms with van der Waals surface area (Å²) >= 11 is 1.65. The van der Waals surface area contributed by atoms with Crippen LogP contribution in [0.5, 0.6) is 0 Å². The van der Waals surface area contributed by atoms with Crippen LogP contribution in [0.15, 0.2) is 53.8 Å². The maximum Gasteiger partial charge on any atom is 0.225 e. The minimum absolute atomic E-state index is 0. The van der Waals surface area contributed by atoms with Gasteiger partial charge in [-0.25, -0.2) is 15.0 Å². The predicted molar refractivity (Wildman–Crippen MR) is 104 cm³/mol. The van der Waals surface area contributed by atoms with Crippen molar-refractivity contribution in [1.82, 2.24) is 9.97 Å². The van der Waals surface area contributed by atoms with Gasteiger partial charge in [-0.1, -0.05) is 42.1 Å². The van der Waals surface area contributed by atoms with Gasteiger partial charge in [-0.15, -0.1) is 24.8 Å². The van der Waals surface area contributed by atoms with Crippen molar-refractivity contribution in [1.29, 1.82) is 0 Å². The number of halogens is 2. The Morgan fingerprint density at radius 1 is 1.08 bits per heavy atom. The third-order valence-corrected chi connectivity index (χ3v) is 5.35. The zero-order valence-corrected chi connectivity index (χ0v) is 15.4. The predicted octanol–water partition coefficient (Wildman–Crippen LogP) is 2.71. The Morgan fingerprint density at radius 3 is 2.50 bits per heavy atom. The molecule has 0 bridgehead atoms. The van der Waals surface area contributed by atoms with Crippen LogP contribution in [0, 0.1) is 5.92 Å². The Hall–Kier alpha value is -1.50. The molecule has 0 aliphatic carbocycles. The van der Waals surface area contributed by atoms with Crippen LogP contribution >= 0.6 is 36.6 Å². The molecule has 128 valence electrons. The molecule has 2 N–H and O–H groups in total. The largest absolute Gasteiger partial charge is 0.379 e. The molecule has 2 atom stereocenters. The molecule has 2 aliphatic heterocycles. The highest BCUT2D eigenvalue weighted by Gasteiger charge is 2.50. The number of fused-ring (bicyclic) bond motifs is 1. The molecule has 0 unspecified atom stereocenters. The Balaban J connectivity index is 0.00000104. The average molecular weight is 384 g/mol. The van der Waals surface area contributed by atoms with Gasteiger partial charge in [-0.3, -0.25) is 0 Å². The monoisotopic (exact) mass is 383 g/mol. The van der Waals surface area contributed by atoms with Gasteiger partial charge in [0, 0.05) is 30.6 Å². The molecular formula is C16H19Cl2N5S. The lowest BCUT2D eigenvalue weighted by Gasteiger charge is -2.34. The second-order valence-electron chi connectivity index (χ2n) is 5.68. The summed E-state index contributed by atoms with van der Waals surface area (Å²) in [6.07, 6.45) is 3.57. The third-order valence-electron chi connectivity index (χ3n) is 4.40. The molecule has 0 radical (unpaired) electrons. The second kappa shape index (κ2) is 7.59. The van der Waals surface area contributed by atoms with Crippen LogP contribution in [-0.2, 0) is 5.54 Å². The van der Waals surface area contributed by atoms with Crippen LogP contribution in [0.3, 0.4) is 0 Å². The van der Waals surface area contributed by atoms with Gasteiger partial charge in [0.15, 0.2) is 5.17 Å². The van der Waals surface area contributed by atoms with E-state index in [0.717, 1.165) is 24.8 Å². The van der Waals surface area contributed by atoms with Gasteiger partial charge in [-0.2, -0.15) is 0 Å². The van der Waals surface area contributed by atoms with E-state index in [9.17, 15) is 0 Å². The van der Waals surface area contributed by atoms with Gasteiger partial charge in [0.05, 0.1) is 6.54 Å². The number of hydrogen-bond donors (Lipinski definition) is 1. The first-order chi connectivity index (χ1) is 10.8. The summed E-state index contributed by atoms with van der Waals surface area (Å²) in [6.45, 7) is 1.68. The number of aliphatic imine (C=N–C) groups is 1. The van der Waals surface area contributed by atoms with E-state index in [2.05, 4.69) is 39.1 Å². The number of rotatable bonds is 2. The molecule has 1 aromatic heterocycles. The van der Waals surface area contributed by atoms with E-state index in [1.807, 2.05) is 12.1 Å². The van der Waals surface area contributed by atoms with E-state index in [4.69, 9.17) is 10.7 Å². The van der Waals surface area contributed by atoms with Crippen molar-refractivity contribution in [2.45, 2.75) is 5.54 Å². The number of thioether (sulfide) groups is 1. The van der Waals surface area contributed by atoms with Gasteiger partial charge in [-0.05, 0) is 11.6 Å². The van der Waals surface area contributed by atoms with E-state index >= 15 is 0 Å². The highest BCUT2D eigenvalue weighted by molar-refractivity contribution is 8.13. The summed E-state index contributed by atoms with van der Waals surface area (Å²) in [6, 6.07) is 12.3. The van der Waals surface area contributed by atoms with Crippen molar-refractivity contribution in [3.8, 4) is 0 Å². The molecule has 0 saturated carbocycles. The lowest BCUT2D eigenvalue weighted by atomic mass is 9.82. The summed E-state index contributed by atoms with van der Waals surface area (Å²) < 4.78 is 0. The van der Waals surface area contributed by atoms with E-state index in [-0.39, 0.29) is 30.4 Å². The molecule has 2 aromatic rings. The Morgan fingerprint density at radius 2 is 1.79 bits per heavy atom. The molecule has 1 fully saturated rings. The van der Waals surface area contributed by atoms with Gasteiger partial charge in [0.1, 0.15) is 5.54 Å². The van der Waals surface area contributed by atoms with E-state index in [1.54, 1.807) is 24.2 Å². The molecule has 0 amide bonds. The van der Waals surface area contributed by atoms with Crippen LogP contribution in [0.1, 0.15) is 5.56 Å². The molecule has 1 aromatic carbocycles. The lowest BCUT2D eigenvalue weighted by Crippen LogP contribution is -2.40. The summed E-state index contributed by atoms with van der Waals surface area (Å²) in [4.78, 5) is 15.9. The lowest BCUT2D eigenvalue weighted by molar-refractivity contribution is 0.387. The van der Waals surface area contributed by atoms with Crippen molar-refractivity contribution >= 4 is 47.7 Å². The summed E-state index contributed by atoms with van der Waals surface area (Å²) in [5, 5.41) is 0.677. The van der Waals surface area contributed by atoms with Gasteiger partial charge >= 0.3 is 0 Å². The maximum absolute atomic E-state index is 6.06. The number of nitrogens with zero attached hydrogens (tertiary/aromatic N) is 4. The summed E-state index contributed by atoms with van der Waals surface area (Å²) in [5.74, 6) is 2.16. The molecule has 5 nitrogen and oxygen atoms in total. The number of nitrogens with two attached hydrogens (primary N) is 1. The van der Waals surface area contributed by atoms with Crippen LogP contribution in [0.25, 0.3) is 0 Å². The van der Waals surface area contributed by atoms with Crippen molar-refractivity contribution in [3.05, 3.63) is 54.4 Å². The minimum Gasteiger partial charge on any atom is -0.379 e. The molecule has 0 spiro atoms. The van der Waals surface area contributed by atoms with Crippen LogP contribution in [0.4, 0.5) is 5.95 Å². The smallest absolute Gasteiger partial charge is 0.225 e. The molecule has 3 heterocycles. The molecule has 1 saturated heterocycles. The normalized spacial score (nSPS) is 25.1. The zero-order valence-electron chi connectivity index (χ0n) is 12.9. The third kappa shape index (κ3) is 3.18. The van der Waals surface area contributed by atoms with Crippen molar-refractivity contribution in [2.24, 2.45) is 16.6 Å². The van der Waals surface area contributed by atoms with E-state index in [0.29, 0.717) is 11.1 Å². The number of hydrogen-bond acceptors (Lipinski definition) is 6.